The first-order valence-electron chi connectivity index (χ1n) is 5.78. The normalized spacial score (nSPS) is 16.3. The summed E-state index contributed by atoms with van der Waals surface area (Å²) in [7, 11) is 0. The lowest BCUT2D eigenvalue weighted by Gasteiger charge is -2.14. The lowest BCUT2D eigenvalue weighted by molar-refractivity contribution is 0.253. The molecule has 0 bridgehead atoms. The average molecular weight is 232 g/mol. The van der Waals surface area contributed by atoms with Gasteiger partial charge in [-0.2, -0.15) is 5.26 Å². The second-order valence-electron chi connectivity index (χ2n) is 4.66. The lowest BCUT2D eigenvalue weighted by Crippen LogP contribution is -2.18. The fraction of sp³-hybridized carbons (Fsp3) is 0.583. The molecule has 1 aliphatic carbocycles. The Hall–Kier alpha value is -1.67. The summed E-state index contributed by atoms with van der Waals surface area (Å²) in [6.45, 7) is 2.83. The van der Waals surface area contributed by atoms with E-state index in [0.717, 1.165) is 31.5 Å². The maximum Gasteiger partial charge on any atom is 0.224 e. The minimum Gasteiger partial charge on any atom is -0.396 e. The van der Waals surface area contributed by atoms with E-state index < -0.39 is 0 Å². The minimum absolute atomic E-state index is 0.217. The second-order valence-corrected chi connectivity index (χ2v) is 4.66. The van der Waals surface area contributed by atoms with Crippen LogP contribution in [-0.4, -0.2) is 28.2 Å². The molecule has 0 atom stereocenters. The molecule has 0 saturated heterocycles. The number of hydrogen-bond donors (Lipinski definition) is 2. The van der Waals surface area contributed by atoms with Crippen molar-refractivity contribution in [2.75, 3.05) is 18.5 Å². The van der Waals surface area contributed by atoms with Crippen LogP contribution in [0, 0.1) is 23.7 Å². The van der Waals surface area contributed by atoms with Gasteiger partial charge in [-0.1, -0.05) is 0 Å². The van der Waals surface area contributed by atoms with Gasteiger partial charge in [0.25, 0.3) is 0 Å². The largest absolute Gasteiger partial charge is 0.396 e. The van der Waals surface area contributed by atoms with Crippen molar-refractivity contribution in [3.63, 3.8) is 0 Å². The summed E-state index contributed by atoms with van der Waals surface area (Å²) in [5.74, 6) is 0.505. The summed E-state index contributed by atoms with van der Waals surface area (Å²) < 4.78 is 0. The van der Waals surface area contributed by atoms with Crippen molar-refractivity contribution in [3.8, 4) is 6.07 Å². The summed E-state index contributed by atoms with van der Waals surface area (Å²) in [6.07, 6.45) is 3.09. The van der Waals surface area contributed by atoms with Crippen LogP contribution in [0.15, 0.2) is 6.07 Å². The highest BCUT2D eigenvalue weighted by Gasteiger charge is 2.41. The Labute approximate surface area is 101 Å². The van der Waals surface area contributed by atoms with E-state index in [-0.39, 0.29) is 12.0 Å². The third-order valence-electron chi connectivity index (χ3n) is 3.19. The molecule has 5 heteroatoms. The molecule has 1 aromatic rings. The van der Waals surface area contributed by atoms with E-state index in [1.807, 2.05) is 13.0 Å². The second kappa shape index (κ2) is 4.68. The monoisotopic (exact) mass is 232 g/mol. The Balaban J connectivity index is 2.00. The molecule has 1 aliphatic rings. The lowest BCUT2D eigenvalue weighted by atomic mass is 10.0. The van der Waals surface area contributed by atoms with Crippen molar-refractivity contribution >= 4 is 5.95 Å². The van der Waals surface area contributed by atoms with Crippen molar-refractivity contribution in [2.24, 2.45) is 5.41 Å². The number of hydrogen-bond acceptors (Lipinski definition) is 5. The molecule has 1 heterocycles. The average Bonchev–Trinajstić information content (AvgIpc) is 3.07. The SMILES string of the molecule is Cc1cc(C#N)nc(NCC2(CCO)CC2)n1. The van der Waals surface area contributed by atoms with Gasteiger partial charge >= 0.3 is 0 Å². The quantitative estimate of drug-likeness (QED) is 0.798. The van der Waals surface area contributed by atoms with Gasteiger partial charge in [0.2, 0.25) is 5.95 Å². The van der Waals surface area contributed by atoms with E-state index in [1.165, 1.54) is 0 Å². The van der Waals surface area contributed by atoms with E-state index in [9.17, 15) is 0 Å². The van der Waals surface area contributed by atoms with Gasteiger partial charge in [0.1, 0.15) is 11.8 Å². The van der Waals surface area contributed by atoms with E-state index in [1.54, 1.807) is 6.07 Å². The van der Waals surface area contributed by atoms with Crippen molar-refractivity contribution in [1.29, 1.82) is 5.26 Å². The van der Waals surface area contributed by atoms with E-state index in [4.69, 9.17) is 10.4 Å². The van der Waals surface area contributed by atoms with Crippen LogP contribution in [0.25, 0.3) is 0 Å². The van der Waals surface area contributed by atoms with Crippen molar-refractivity contribution < 1.29 is 5.11 Å². The molecule has 0 unspecified atom stereocenters. The summed E-state index contributed by atoms with van der Waals surface area (Å²) >= 11 is 0. The van der Waals surface area contributed by atoms with E-state index in [0.29, 0.717) is 11.6 Å². The molecule has 0 amide bonds. The summed E-state index contributed by atoms with van der Waals surface area (Å²) in [5, 5.41) is 20.9. The van der Waals surface area contributed by atoms with Crippen molar-refractivity contribution in [1.82, 2.24) is 9.97 Å². The number of aromatic nitrogens is 2. The van der Waals surface area contributed by atoms with Crippen LogP contribution in [0.2, 0.25) is 0 Å². The standard InChI is InChI=1S/C12H16N4O/c1-9-6-10(7-13)16-11(15-9)14-8-12(2-3-12)4-5-17/h6,17H,2-5,8H2,1H3,(H,14,15,16). The number of nitrogens with zero attached hydrogens (tertiary/aromatic N) is 3. The zero-order valence-corrected chi connectivity index (χ0v) is 9.90. The zero-order chi connectivity index (χ0) is 12.3. The van der Waals surface area contributed by atoms with E-state index in [2.05, 4.69) is 15.3 Å². The Kier molecular flexibility index (Phi) is 3.25. The maximum absolute atomic E-state index is 8.96. The number of anilines is 1. The highest BCUT2D eigenvalue weighted by atomic mass is 16.3. The van der Waals surface area contributed by atoms with Gasteiger partial charge in [-0.05, 0) is 37.7 Å². The fourth-order valence-electron chi connectivity index (χ4n) is 1.90. The molecule has 2 rings (SSSR count). The molecule has 1 saturated carbocycles. The van der Waals surface area contributed by atoms with Crippen molar-refractivity contribution in [3.05, 3.63) is 17.5 Å². The molecule has 1 aromatic heterocycles. The summed E-state index contributed by atoms with van der Waals surface area (Å²) in [5.41, 5.74) is 1.38. The zero-order valence-electron chi connectivity index (χ0n) is 9.90. The molecule has 0 spiro atoms. The van der Waals surface area contributed by atoms with Crippen LogP contribution in [-0.2, 0) is 0 Å². The number of rotatable bonds is 5. The Morgan fingerprint density at radius 1 is 1.53 bits per heavy atom. The van der Waals surface area contributed by atoms with Crippen LogP contribution in [0.5, 0.6) is 0 Å². The topological polar surface area (TPSA) is 81.8 Å². The maximum atomic E-state index is 8.96. The molecule has 5 nitrogen and oxygen atoms in total. The molecule has 1 fully saturated rings. The summed E-state index contributed by atoms with van der Waals surface area (Å²) in [4.78, 5) is 8.33. The van der Waals surface area contributed by atoms with Gasteiger partial charge in [-0.3, -0.25) is 0 Å². The predicted molar refractivity (Wildman–Crippen MR) is 63.3 cm³/mol. The molecule has 0 aliphatic heterocycles. The molecule has 0 radical (unpaired) electrons. The minimum atomic E-state index is 0.217. The predicted octanol–water partition coefficient (Wildman–Crippen LogP) is 1.23. The smallest absolute Gasteiger partial charge is 0.224 e. The number of aliphatic hydroxyl groups excluding tert-OH is 1. The van der Waals surface area contributed by atoms with Gasteiger partial charge in [0.05, 0.1) is 0 Å². The van der Waals surface area contributed by atoms with Gasteiger partial charge in [-0.25, -0.2) is 9.97 Å². The Morgan fingerprint density at radius 3 is 2.88 bits per heavy atom. The third-order valence-corrected chi connectivity index (χ3v) is 3.19. The highest BCUT2D eigenvalue weighted by molar-refractivity contribution is 5.33. The van der Waals surface area contributed by atoms with Crippen LogP contribution >= 0.6 is 0 Å². The molecule has 17 heavy (non-hydrogen) atoms. The molecule has 90 valence electrons. The highest BCUT2D eigenvalue weighted by Crippen LogP contribution is 2.48. The van der Waals surface area contributed by atoms with Crippen LogP contribution in [0.3, 0.4) is 0 Å². The molecular formula is C12H16N4O. The first kappa shape index (κ1) is 11.8. The van der Waals surface area contributed by atoms with Gasteiger partial charge in [-0.15, -0.1) is 0 Å². The first-order chi connectivity index (χ1) is 8.17. The molecular weight excluding hydrogens is 216 g/mol. The summed E-state index contributed by atoms with van der Waals surface area (Å²) in [6, 6.07) is 3.67. The number of nitriles is 1. The first-order valence-corrected chi connectivity index (χ1v) is 5.78. The van der Waals surface area contributed by atoms with Crippen LogP contribution < -0.4 is 5.32 Å². The van der Waals surface area contributed by atoms with Gasteiger partial charge in [0.15, 0.2) is 0 Å². The van der Waals surface area contributed by atoms with Crippen molar-refractivity contribution in [2.45, 2.75) is 26.2 Å². The van der Waals surface area contributed by atoms with Gasteiger partial charge in [0, 0.05) is 18.8 Å². The number of nitrogens with one attached hydrogen (secondary N) is 1. The Morgan fingerprint density at radius 2 is 2.29 bits per heavy atom. The fourth-order valence-corrected chi connectivity index (χ4v) is 1.90. The molecule has 0 aromatic carbocycles. The van der Waals surface area contributed by atoms with Gasteiger partial charge < -0.3 is 10.4 Å². The van der Waals surface area contributed by atoms with Crippen LogP contribution in [0.4, 0.5) is 5.95 Å². The number of aliphatic hydroxyl groups is 1. The van der Waals surface area contributed by atoms with E-state index >= 15 is 0 Å². The molecule has 2 N–H and O–H groups in total. The Bertz CT molecular complexity index is 448. The number of aryl methyl sites for hydroxylation is 1. The van der Waals surface area contributed by atoms with Crippen LogP contribution in [0.1, 0.15) is 30.7 Å². The third kappa shape index (κ3) is 2.92.